The number of aliphatic hydroxyl groups is 1. The van der Waals surface area contributed by atoms with Gasteiger partial charge in [0.05, 0.1) is 29.1 Å². The van der Waals surface area contributed by atoms with Crippen molar-refractivity contribution in [2.24, 2.45) is 0 Å². The number of thiazole rings is 1. The number of fused-ring (bicyclic) bond motifs is 1. The van der Waals surface area contributed by atoms with Crippen molar-refractivity contribution in [3.05, 3.63) is 60.4 Å². The number of nitrogens with one attached hydrogen (secondary N) is 2. The van der Waals surface area contributed by atoms with E-state index in [1.165, 1.54) is 35.9 Å². The van der Waals surface area contributed by atoms with Gasteiger partial charge in [-0.3, -0.25) is 4.79 Å². The van der Waals surface area contributed by atoms with E-state index in [1.807, 2.05) is 6.07 Å². The summed E-state index contributed by atoms with van der Waals surface area (Å²) in [6.07, 6.45) is -3.16. The van der Waals surface area contributed by atoms with Crippen molar-refractivity contribution in [1.29, 1.82) is 0 Å². The summed E-state index contributed by atoms with van der Waals surface area (Å²) in [7, 11) is 0. The Morgan fingerprint density at radius 2 is 1.91 bits per heavy atom. The van der Waals surface area contributed by atoms with E-state index in [2.05, 4.69) is 25.6 Å². The minimum Gasteiger partial charge on any atom is -0.437 e. The number of nitrogens with zero attached hydrogens (tertiary/aromatic N) is 3. The molecule has 0 spiro atoms. The minimum atomic E-state index is -4.42. The number of amides is 1. The number of halogens is 3. The first-order valence-corrected chi connectivity index (χ1v) is 10.8. The van der Waals surface area contributed by atoms with Crippen LogP contribution in [0, 0.1) is 0 Å². The average Bonchev–Trinajstić information content (AvgIpc) is 3.22. The van der Waals surface area contributed by atoms with Crippen molar-refractivity contribution in [1.82, 2.24) is 20.3 Å². The van der Waals surface area contributed by atoms with Crippen LogP contribution in [0.25, 0.3) is 21.5 Å². The molecule has 34 heavy (non-hydrogen) atoms. The summed E-state index contributed by atoms with van der Waals surface area (Å²) in [6, 6.07) is 11.4. The molecule has 8 nitrogen and oxygen atoms in total. The van der Waals surface area contributed by atoms with Crippen molar-refractivity contribution in [2.75, 3.05) is 25.0 Å². The number of benzene rings is 2. The molecule has 0 saturated heterocycles. The lowest BCUT2D eigenvalue weighted by Crippen LogP contribution is -2.29. The van der Waals surface area contributed by atoms with Gasteiger partial charge in [-0.25, -0.2) is 15.0 Å². The van der Waals surface area contributed by atoms with Crippen molar-refractivity contribution in [3.8, 4) is 22.9 Å². The third-order valence-electron chi connectivity index (χ3n) is 4.57. The number of hydrogen-bond acceptors (Lipinski definition) is 8. The molecule has 0 aliphatic carbocycles. The van der Waals surface area contributed by atoms with Gasteiger partial charge >= 0.3 is 6.18 Å². The summed E-state index contributed by atoms with van der Waals surface area (Å²) in [5.74, 6) is 0.279. The highest BCUT2D eigenvalue weighted by molar-refractivity contribution is 7.22. The first-order valence-electron chi connectivity index (χ1n) is 10.0. The van der Waals surface area contributed by atoms with Gasteiger partial charge in [0.25, 0.3) is 0 Å². The largest absolute Gasteiger partial charge is 0.437 e. The molecule has 0 radical (unpaired) electrons. The summed E-state index contributed by atoms with van der Waals surface area (Å²) in [5, 5.41) is 14.6. The van der Waals surface area contributed by atoms with E-state index in [4.69, 9.17) is 9.84 Å². The number of aromatic nitrogens is 3. The topological polar surface area (TPSA) is 109 Å². The Hall–Kier alpha value is -3.61. The summed E-state index contributed by atoms with van der Waals surface area (Å²) in [4.78, 5) is 24.6. The SMILES string of the molecule is O=C(CNCCO)Nc1nc2c(Oc3cc(-c4ccc(C(F)(F)F)cc4)ncn3)cccc2s1. The second-order valence-electron chi connectivity index (χ2n) is 6.99. The molecule has 0 bridgehead atoms. The predicted molar refractivity (Wildman–Crippen MR) is 121 cm³/mol. The van der Waals surface area contributed by atoms with Crippen molar-refractivity contribution in [2.45, 2.75) is 6.18 Å². The third kappa shape index (κ3) is 5.65. The van der Waals surface area contributed by atoms with Crippen LogP contribution in [0.3, 0.4) is 0 Å². The summed E-state index contributed by atoms with van der Waals surface area (Å²) in [6.45, 7) is 0.269. The maximum absolute atomic E-state index is 12.8. The molecule has 2 aromatic carbocycles. The predicted octanol–water partition coefficient (Wildman–Crippen LogP) is 4.08. The highest BCUT2D eigenvalue weighted by Gasteiger charge is 2.30. The van der Waals surface area contributed by atoms with Crippen molar-refractivity contribution < 1.29 is 27.8 Å². The zero-order valence-electron chi connectivity index (χ0n) is 17.5. The van der Waals surface area contributed by atoms with Crippen LogP contribution in [-0.4, -0.2) is 45.7 Å². The van der Waals surface area contributed by atoms with Crippen LogP contribution in [0.5, 0.6) is 11.6 Å². The lowest BCUT2D eigenvalue weighted by molar-refractivity contribution is -0.137. The lowest BCUT2D eigenvalue weighted by atomic mass is 10.1. The van der Waals surface area contributed by atoms with E-state index in [-0.39, 0.29) is 24.9 Å². The fourth-order valence-electron chi connectivity index (χ4n) is 3.00. The Kier molecular flexibility index (Phi) is 7.01. The summed E-state index contributed by atoms with van der Waals surface area (Å²) in [5.41, 5.74) is 0.643. The number of carbonyl (C=O) groups is 1. The molecule has 3 N–H and O–H groups in total. The minimum absolute atomic E-state index is 0.0352. The highest BCUT2D eigenvalue weighted by atomic mass is 32.1. The number of hydrogen-bond donors (Lipinski definition) is 3. The van der Waals surface area contributed by atoms with E-state index >= 15 is 0 Å². The Morgan fingerprint density at radius 1 is 1.12 bits per heavy atom. The molecular weight excluding hydrogens is 471 g/mol. The normalized spacial score (nSPS) is 11.5. The first kappa shape index (κ1) is 23.5. The molecule has 0 unspecified atom stereocenters. The van der Waals surface area contributed by atoms with Gasteiger partial charge in [-0.2, -0.15) is 13.2 Å². The molecule has 0 aliphatic rings. The number of anilines is 1. The van der Waals surface area contributed by atoms with Crippen LogP contribution in [0.4, 0.5) is 18.3 Å². The second kappa shape index (κ2) is 10.1. The molecule has 12 heteroatoms. The van der Waals surface area contributed by atoms with Gasteiger partial charge < -0.3 is 20.5 Å². The molecule has 1 amide bonds. The standard InChI is InChI=1S/C22H18F3N5O3S/c23-22(24,25)14-6-4-13(5-7-14)15-10-19(28-12-27-15)33-16-2-1-3-17-20(16)30-21(34-17)29-18(32)11-26-8-9-31/h1-7,10,12,26,31H,8-9,11H2,(H,29,30,32). The quantitative estimate of drug-likeness (QED) is 0.320. The smallest absolute Gasteiger partial charge is 0.416 e. The van der Waals surface area contributed by atoms with E-state index in [0.29, 0.717) is 34.2 Å². The fraction of sp³-hybridized carbons (Fsp3) is 0.182. The van der Waals surface area contributed by atoms with Gasteiger partial charge in [0.1, 0.15) is 11.8 Å². The Morgan fingerprint density at radius 3 is 2.65 bits per heavy atom. The number of ether oxygens (including phenoxy) is 1. The highest BCUT2D eigenvalue weighted by Crippen LogP contribution is 2.35. The third-order valence-corrected chi connectivity index (χ3v) is 5.50. The second-order valence-corrected chi connectivity index (χ2v) is 8.02. The number of para-hydroxylation sites is 1. The number of rotatable bonds is 8. The molecule has 0 atom stereocenters. The van der Waals surface area contributed by atoms with Crippen LogP contribution in [0.15, 0.2) is 54.9 Å². The van der Waals surface area contributed by atoms with Gasteiger partial charge in [-0.05, 0) is 24.3 Å². The van der Waals surface area contributed by atoms with Gasteiger partial charge in [0, 0.05) is 18.2 Å². The van der Waals surface area contributed by atoms with Gasteiger partial charge in [-0.1, -0.05) is 29.5 Å². The van der Waals surface area contributed by atoms with Crippen LogP contribution in [0.2, 0.25) is 0 Å². The van der Waals surface area contributed by atoms with Crippen LogP contribution in [-0.2, 0) is 11.0 Å². The molecule has 0 aliphatic heterocycles. The average molecular weight is 489 g/mol. The monoisotopic (exact) mass is 489 g/mol. The molecule has 2 aromatic heterocycles. The molecule has 2 heterocycles. The molecule has 4 rings (SSSR count). The van der Waals surface area contributed by atoms with Gasteiger partial charge in [0.15, 0.2) is 10.9 Å². The zero-order chi connectivity index (χ0) is 24.1. The molecular formula is C22H18F3N5O3S. The van der Waals surface area contributed by atoms with Crippen LogP contribution >= 0.6 is 11.3 Å². The van der Waals surface area contributed by atoms with Crippen LogP contribution in [0.1, 0.15) is 5.56 Å². The zero-order valence-corrected chi connectivity index (χ0v) is 18.3. The maximum Gasteiger partial charge on any atom is 0.416 e. The molecule has 176 valence electrons. The van der Waals surface area contributed by atoms with E-state index in [9.17, 15) is 18.0 Å². The van der Waals surface area contributed by atoms with Crippen molar-refractivity contribution in [3.63, 3.8) is 0 Å². The number of aliphatic hydroxyl groups excluding tert-OH is 1. The van der Waals surface area contributed by atoms with E-state index in [1.54, 1.807) is 12.1 Å². The first-order chi connectivity index (χ1) is 16.3. The summed E-state index contributed by atoms with van der Waals surface area (Å²) < 4.78 is 45.1. The number of carbonyl (C=O) groups excluding carboxylic acids is 1. The molecule has 0 fully saturated rings. The lowest BCUT2D eigenvalue weighted by Gasteiger charge is -2.09. The van der Waals surface area contributed by atoms with Crippen LogP contribution < -0.4 is 15.4 Å². The van der Waals surface area contributed by atoms with E-state index < -0.39 is 11.7 Å². The van der Waals surface area contributed by atoms with E-state index in [0.717, 1.165) is 16.8 Å². The molecule has 4 aromatic rings. The fourth-order valence-corrected chi connectivity index (χ4v) is 3.90. The summed E-state index contributed by atoms with van der Waals surface area (Å²) >= 11 is 1.27. The maximum atomic E-state index is 12.8. The Bertz CT molecular complexity index is 1300. The Balaban J connectivity index is 1.52. The van der Waals surface area contributed by atoms with Crippen molar-refractivity contribution >= 4 is 32.6 Å². The Labute approximate surface area is 195 Å². The molecule has 0 saturated carbocycles. The van der Waals surface area contributed by atoms with Gasteiger partial charge in [-0.15, -0.1) is 0 Å². The number of alkyl halides is 3. The van der Waals surface area contributed by atoms with Gasteiger partial charge in [0.2, 0.25) is 11.8 Å².